The van der Waals surface area contributed by atoms with E-state index >= 15 is 0 Å². The number of hydrogen-bond donors (Lipinski definition) is 2. The van der Waals surface area contributed by atoms with Gasteiger partial charge < -0.3 is 24.6 Å². The predicted octanol–water partition coefficient (Wildman–Crippen LogP) is 3.53. The third kappa shape index (κ3) is 4.48. The molecule has 10 heteroatoms. The Balaban J connectivity index is 1.23. The Labute approximate surface area is 222 Å². The molecular weight excluding hydrogens is 508 g/mol. The Hall–Kier alpha value is -4.05. The monoisotopic (exact) mass is 535 g/mol. The maximum atomic E-state index is 13.9. The molecule has 0 radical (unpaired) electrons. The molecule has 2 amide bonds. The Kier molecular flexibility index (Phi) is 6.42. The van der Waals surface area contributed by atoms with E-state index in [1.807, 2.05) is 18.2 Å². The SMILES string of the molecule is O=C(NCc1ccc(F)cc1F)c1cn2c(c(O)c1=O)C(=O)N1C(C2)OCC2CC(c3ccccc3)CC[C@@H]21. The van der Waals surface area contributed by atoms with Crippen LogP contribution in [0.5, 0.6) is 5.75 Å². The lowest BCUT2D eigenvalue weighted by atomic mass is 9.74. The number of amides is 2. The summed E-state index contributed by atoms with van der Waals surface area (Å²) >= 11 is 0. The topological polar surface area (TPSA) is 101 Å². The highest BCUT2D eigenvalue weighted by Crippen LogP contribution is 2.43. The lowest BCUT2D eigenvalue weighted by molar-refractivity contribution is -0.151. The van der Waals surface area contributed by atoms with Gasteiger partial charge in [-0.05, 0) is 36.8 Å². The van der Waals surface area contributed by atoms with Gasteiger partial charge in [-0.25, -0.2) is 8.78 Å². The number of halogens is 2. The molecule has 1 saturated carbocycles. The molecule has 3 aliphatic rings. The first kappa shape index (κ1) is 25.2. The molecule has 3 unspecified atom stereocenters. The fourth-order valence-electron chi connectivity index (χ4n) is 6.18. The molecule has 0 spiro atoms. The van der Waals surface area contributed by atoms with E-state index in [0.717, 1.165) is 25.3 Å². The number of carbonyl (C=O) groups excluding carboxylic acids is 2. The van der Waals surface area contributed by atoms with Crippen LogP contribution in [0.1, 0.15) is 57.2 Å². The first-order valence-corrected chi connectivity index (χ1v) is 13.0. The quantitative estimate of drug-likeness (QED) is 0.533. The van der Waals surface area contributed by atoms with Crippen molar-refractivity contribution in [3.05, 3.63) is 99.0 Å². The summed E-state index contributed by atoms with van der Waals surface area (Å²) in [5.74, 6) is -3.25. The van der Waals surface area contributed by atoms with Crippen molar-refractivity contribution in [1.29, 1.82) is 0 Å². The van der Waals surface area contributed by atoms with Crippen molar-refractivity contribution in [3.8, 4) is 5.75 Å². The molecule has 3 heterocycles. The average molecular weight is 536 g/mol. The number of nitrogens with one attached hydrogen (secondary N) is 1. The maximum absolute atomic E-state index is 13.9. The Bertz CT molecular complexity index is 1510. The van der Waals surface area contributed by atoms with Crippen LogP contribution < -0.4 is 10.7 Å². The summed E-state index contributed by atoms with van der Waals surface area (Å²) < 4.78 is 34.6. The van der Waals surface area contributed by atoms with Gasteiger partial charge in [0.05, 0.1) is 13.2 Å². The van der Waals surface area contributed by atoms with Crippen molar-refractivity contribution in [2.45, 2.75) is 50.5 Å². The summed E-state index contributed by atoms with van der Waals surface area (Å²) in [5.41, 5.74) is -0.258. The van der Waals surface area contributed by atoms with Gasteiger partial charge in [0.25, 0.3) is 11.8 Å². The number of nitrogens with zero attached hydrogens (tertiary/aromatic N) is 2. The molecule has 2 aromatic carbocycles. The zero-order valence-electron chi connectivity index (χ0n) is 21.0. The van der Waals surface area contributed by atoms with Gasteiger partial charge in [0.2, 0.25) is 5.43 Å². The van der Waals surface area contributed by atoms with E-state index in [1.165, 1.54) is 22.4 Å². The number of aromatic hydroxyl groups is 1. The number of rotatable bonds is 4. The fourth-order valence-corrected chi connectivity index (χ4v) is 6.18. The molecule has 6 rings (SSSR count). The minimum absolute atomic E-state index is 0.0324. The van der Waals surface area contributed by atoms with Gasteiger partial charge in [-0.15, -0.1) is 0 Å². The van der Waals surface area contributed by atoms with E-state index in [9.17, 15) is 28.3 Å². The van der Waals surface area contributed by atoms with Gasteiger partial charge >= 0.3 is 0 Å². The molecule has 3 aromatic rings. The summed E-state index contributed by atoms with van der Waals surface area (Å²) in [6.45, 7) is 0.339. The van der Waals surface area contributed by atoms with Gasteiger partial charge in [0.1, 0.15) is 17.2 Å². The van der Waals surface area contributed by atoms with Crippen LogP contribution in [-0.2, 0) is 17.8 Å². The molecule has 2 N–H and O–H groups in total. The van der Waals surface area contributed by atoms with Crippen molar-refractivity contribution in [2.75, 3.05) is 6.61 Å². The van der Waals surface area contributed by atoms with Crippen LogP contribution in [0.15, 0.2) is 59.5 Å². The van der Waals surface area contributed by atoms with E-state index in [1.54, 1.807) is 4.90 Å². The molecular formula is C29H27F2N3O5. The standard InChI is InChI=1S/C29H27F2N3O5/c30-20-8-6-18(22(31)11-20)12-32-28(37)21-13-33-14-24-34(29(38)25(33)27(36)26(21)35)23-9-7-17(10-19(23)15-39-24)16-4-2-1-3-5-16/h1-6,8,11,13,17,19,23-24,36H,7,9-10,12,14-15H2,(H,32,37)/t17?,19?,23-,24?/m0/s1. The number of hydrogen-bond acceptors (Lipinski definition) is 5. The highest BCUT2D eigenvalue weighted by atomic mass is 19.1. The number of benzene rings is 2. The lowest BCUT2D eigenvalue weighted by Crippen LogP contribution is -2.62. The van der Waals surface area contributed by atoms with Gasteiger partial charge in [-0.3, -0.25) is 14.4 Å². The Morgan fingerprint density at radius 3 is 2.67 bits per heavy atom. The normalized spacial score (nSPS) is 23.9. The van der Waals surface area contributed by atoms with Crippen molar-refractivity contribution < 1.29 is 28.2 Å². The van der Waals surface area contributed by atoms with Gasteiger partial charge in [-0.1, -0.05) is 36.4 Å². The minimum atomic E-state index is -0.993. The third-order valence-electron chi connectivity index (χ3n) is 8.13. The predicted molar refractivity (Wildman–Crippen MR) is 136 cm³/mol. The summed E-state index contributed by atoms with van der Waals surface area (Å²) in [5, 5.41) is 13.2. The maximum Gasteiger partial charge on any atom is 0.276 e. The average Bonchev–Trinajstić information content (AvgIpc) is 2.94. The number of ether oxygens (including phenoxy) is 1. The molecule has 202 valence electrons. The molecule has 1 aliphatic carbocycles. The second-order valence-corrected chi connectivity index (χ2v) is 10.4. The van der Waals surface area contributed by atoms with Crippen LogP contribution in [0.25, 0.3) is 0 Å². The Morgan fingerprint density at radius 2 is 1.90 bits per heavy atom. The van der Waals surface area contributed by atoms with Crippen LogP contribution >= 0.6 is 0 Å². The molecule has 4 atom stereocenters. The molecule has 2 aliphatic heterocycles. The van der Waals surface area contributed by atoms with E-state index < -0.39 is 46.4 Å². The van der Waals surface area contributed by atoms with E-state index in [4.69, 9.17) is 4.74 Å². The summed E-state index contributed by atoms with van der Waals surface area (Å²) in [6, 6.07) is 13.1. The van der Waals surface area contributed by atoms with Gasteiger partial charge in [-0.2, -0.15) is 0 Å². The lowest BCUT2D eigenvalue weighted by Gasteiger charge is -2.51. The third-order valence-corrected chi connectivity index (χ3v) is 8.13. The molecule has 1 aromatic heterocycles. The van der Waals surface area contributed by atoms with Crippen LogP contribution in [0, 0.1) is 17.6 Å². The zero-order chi connectivity index (χ0) is 27.3. The second kappa shape index (κ2) is 9.92. The molecule has 39 heavy (non-hydrogen) atoms. The van der Waals surface area contributed by atoms with Crippen LogP contribution in [0.2, 0.25) is 0 Å². The summed E-state index contributed by atoms with van der Waals surface area (Å²) in [4.78, 5) is 41.0. The van der Waals surface area contributed by atoms with Crippen molar-refractivity contribution >= 4 is 11.8 Å². The van der Waals surface area contributed by atoms with E-state index in [2.05, 4.69) is 17.4 Å². The van der Waals surface area contributed by atoms with Crippen LogP contribution in [-0.4, -0.2) is 45.3 Å². The smallest absolute Gasteiger partial charge is 0.276 e. The van der Waals surface area contributed by atoms with E-state index in [0.29, 0.717) is 18.6 Å². The summed E-state index contributed by atoms with van der Waals surface area (Å²) in [7, 11) is 0. The molecule has 1 saturated heterocycles. The van der Waals surface area contributed by atoms with E-state index in [-0.39, 0.29) is 36.3 Å². The summed E-state index contributed by atoms with van der Waals surface area (Å²) in [6.07, 6.45) is 3.20. The van der Waals surface area contributed by atoms with Gasteiger partial charge in [0.15, 0.2) is 17.7 Å². The highest BCUT2D eigenvalue weighted by Gasteiger charge is 2.48. The van der Waals surface area contributed by atoms with Crippen molar-refractivity contribution in [1.82, 2.24) is 14.8 Å². The molecule has 8 nitrogen and oxygen atoms in total. The Morgan fingerprint density at radius 1 is 1.10 bits per heavy atom. The number of fused-ring (bicyclic) bond motifs is 4. The first-order chi connectivity index (χ1) is 18.8. The van der Waals surface area contributed by atoms with Gasteiger partial charge in [0, 0.05) is 36.3 Å². The zero-order valence-corrected chi connectivity index (χ0v) is 21.0. The fraction of sp³-hybridized carbons (Fsp3) is 0.345. The number of carbonyl (C=O) groups is 2. The molecule has 0 bridgehead atoms. The first-order valence-electron chi connectivity index (χ1n) is 13.0. The van der Waals surface area contributed by atoms with Crippen LogP contribution in [0.4, 0.5) is 8.78 Å². The number of pyridine rings is 1. The molecule has 2 fully saturated rings. The number of aromatic nitrogens is 1. The largest absolute Gasteiger partial charge is 0.503 e. The van der Waals surface area contributed by atoms with Crippen molar-refractivity contribution in [2.24, 2.45) is 5.92 Å². The van der Waals surface area contributed by atoms with Crippen LogP contribution in [0.3, 0.4) is 0 Å². The van der Waals surface area contributed by atoms with Crippen molar-refractivity contribution in [3.63, 3.8) is 0 Å². The second-order valence-electron chi connectivity index (χ2n) is 10.4. The highest BCUT2D eigenvalue weighted by molar-refractivity contribution is 5.99. The minimum Gasteiger partial charge on any atom is -0.503 e.